The SMILES string of the molecule is CNCc1cc(-c2ccc(OC(C)C3CCOCC3)cc2F)n(S(=O)(=O)c2cccc(OCCOC)c2)c1. The zero-order valence-electron chi connectivity index (χ0n) is 22.0. The largest absolute Gasteiger partial charge is 0.491 e. The van der Waals surface area contributed by atoms with E-state index in [2.05, 4.69) is 5.32 Å². The molecule has 10 heteroatoms. The Morgan fingerprint density at radius 1 is 1.11 bits per heavy atom. The van der Waals surface area contributed by atoms with Crippen molar-refractivity contribution in [3.8, 4) is 22.8 Å². The fourth-order valence-electron chi connectivity index (χ4n) is 4.55. The van der Waals surface area contributed by atoms with Crippen LogP contribution in [0.3, 0.4) is 0 Å². The van der Waals surface area contributed by atoms with E-state index in [1.807, 2.05) is 6.92 Å². The van der Waals surface area contributed by atoms with Crippen LogP contribution in [0.2, 0.25) is 0 Å². The van der Waals surface area contributed by atoms with Gasteiger partial charge in [-0.1, -0.05) is 6.07 Å². The molecule has 206 valence electrons. The van der Waals surface area contributed by atoms with Gasteiger partial charge in [-0.3, -0.25) is 0 Å². The molecule has 1 saturated heterocycles. The predicted octanol–water partition coefficient (Wildman–Crippen LogP) is 4.47. The van der Waals surface area contributed by atoms with Gasteiger partial charge in [0.15, 0.2) is 0 Å². The fraction of sp³-hybridized carbons (Fsp3) is 0.429. The number of hydrogen-bond acceptors (Lipinski definition) is 7. The number of nitrogens with one attached hydrogen (secondary N) is 1. The Morgan fingerprint density at radius 2 is 1.89 bits per heavy atom. The third-order valence-electron chi connectivity index (χ3n) is 6.61. The van der Waals surface area contributed by atoms with E-state index in [0.717, 1.165) is 16.8 Å². The minimum Gasteiger partial charge on any atom is -0.491 e. The van der Waals surface area contributed by atoms with Crippen molar-refractivity contribution in [2.24, 2.45) is 5.92 Å². The third-order valence-corrected chi connectivity index (χ3v) is 8.28. The summed E-state index contributed by atoms with van der Waals surface area (Å²) in [5.41, 5.74) is 1.09. The fourth-order valence-corrected chi connectivity index (χ4v) is 5.97. The van der Waals surface area contributed by atoms with Crippen LogP contribution in [-0.2, 0) is 26.0 Å². The maximum Gasteiger partial charge on any atom is 0.268 e. The zero-order chi connectivity index (χ0) is 27.1. The van der Waals surface area contributed by atoms with Crippen LogP contribution in [0.1, 0.15) is 25.3 Å². The van der Waals surface area contributed by atoms with Crippen LogP contribution >= 0.6 is 0 Å². The standard InChI is InChI=1S/C28H35FN2O6S/c1-20(22-9-11-35-12-10-22)37-24-7-8-26(27(29)17-24)28-15-21(18-30-2)19-31(28)38(32,33)25-6-4-5-23(16-25)36-14-13-34-3/h4-8,15-17,19-20,22,30H,9-14,18H2,1-3H3. The molecule has 2 aromatic carbocycles. The number of halogens is 1. The van der Waals surface area contributed by atoms with Crippen molar-refractivity contribution in [2.75, 3.05) is 40.6 Å². The van der Waals surface area contributed by atoms with E-state index in [0.29, 0.717) is 49.3 Å². The summed E-state index contributed by atoms with van der Waals surface area (Å²) in [5, 5.41) is 3.02. The van der Waals surface area contributed by atoms with Crippen molar-refractivity contribution in [3.63, 3.8) is 0 Å². The van der Waals surface area contributed by atoms with Crippen LogP contribution in [0.4, 0.5) is 4.39 Å². The highest BCUT2D eigenvalue weighted by Crippen LogP contribution is 2.33. The van der Waals surface area contributed by atoms with Gasteiger partial charge in [-0.05, 0) is 68.6 Å². The lowest BCUT2D eigenvalue weighted by Gasteiger charge is -2.28. The van der Waals surface area contributed by atoms with Gasteiger partial charge in [0.05, 0.1) is 23.3 Å². The van der Waals surface area contributed by atoms with E-state index >= 15 is 4.39 Å². The van der Waals surface area contributed by atoms with E-state index < -0.39 is 15.8 Å². The second-order valence-electron chi connectivity index (χ2n) is 9.30. The van der Waals surface area contributed by atoms with Gasteiger partial charge in [-0.2, -0.15) is 0 Å². The molecule has 8 nitrogen and oxygen atoms in total. The minimum absolute atomic E-state index is 0.0333. The average Bonchev–Trinajstić information content (AvgIpc) is 3.34. The van der Waals surface area contributed by atoms with E-state index in [4.69, 9.17) is 18.9 Å². The van der Waals surface area contributed by atoms with Gasteiger partial charge in [0.2, 0.25) is 0 Å². The molecule has 0 amide bonds. The minimum atomic E-state index is -4.06. The van der Waals surface area contributed by atoms with Crippen LogP contribution in [0.5, 0.6) is 11.5 Å². The van der Waals surface area contributed by atoms with Crippen LogP contribution < -0.4 is 14.8 Å². The molecule has 0 aliphatic carbocycles. The molecule has 38 heavy (non-hydrogen) atoms. The van der Waals surface area contributed by atoms with Crippen molar-refractivity contribution in [3.05, 3.63) is 66.1 Å². The first-order chi connectivity index (χ1) is 18.3. The van der Waals surface area contributed by atoms with E-state index in [1.165, 1.54) is 24.4 Å². The second kappa shape index (κ2) is 12.8. The molecule has 4 rings (SSSR count). The number of rotatable bonds is 12. The zero-order valence-corrected chi connectivity index (χ0v) is 22.8. The van der Waals surface area contributed by atoms with E-state index in [9.17, 15) is 8.42 Å². The van der Waals surface area contributed by atoms with Crippen LogP contribution in [0, 0.1) is 11.7 Å². The summed E-state index contributed by atoms with van der Waals surface area (Å²) in [6.45, 7) is 4.47. The average molecular weight is 547 g/mol. The maximum absolute atomic E-state index is 15.5. The number of hydrogen-bond donors (Lipinski definition) is 1. The molecule has 1 N–H and O–H groups in total. The summed E-state index contributed by atoms with van der Waals surface area (Å²) in [7, 11) is -0.738. The lowest BCUT2D eigenvalue weighted by molar-refractivity contribution is 0.0238. The van der Waals surface area contributed by atoms with Gasteiger partial charge in [0, 0.05) is 50.8 Å². The summed E-state index contributed by atoms with van der Waals surface area (Å²) in [4.78, 5) is 0.0333. The third kappa shape index (κ3) is 6.55. The van der Waals surface area contributed by atoms with Gasteiger partial charge >= 0.3 is 0 Å². The number of ether oxygens (including phenoxy) is 4. The molecule has 1 aliphatic rings. The van der Waals surface area contributed by atoms with Crippen LogP contribution in [-0.4, -0.2) is 59.1 Å². The topological polar surface area (TPSA) is 88.0 Å². The number of methoxy groups -OCH3 is 1. The predicted molar refractivity (Wildman–Crippen MR) is 143 cm³/mol. The van der Waals surface area contributed by atoms with Gasteiger partial charge in [0.1, 0.15) is 23.9 Å². The molecule has 1 aromatic heterocycles. The molecule has 0 spiro atoms. The molecule has 0 bridgehead atoms. The highest BCUT2D eigenvalue weighted by Gasteiger charge is 2.25. The Balaban J connectivity index is 1.65. The Morgan fingerprint density at radius 3 is 2.61 bits per heavy atom. The number of aromatic nitrogens is 1. The summed E-state index contributed by atoms with van der Waals surface area (Å²) in [6, 6.07) is 12.5. The maximum atomic E-state index is 15.5. The van der Waals surface area contributed by atoms with E-state index in [1.54, 1.807) is 44.5 Å². The molecule has 3 aromatic rings. The van der Waals surface area contributed by atoms with E-state index in [-0.39, 0.29) is 28.9 Å². The Kier molecular flexibility index (Phi) is 9.43. The van der Waals surface area contributed by atoms with Crippen molar-refractivity contribution in [2.45, 2.75) is 37.3 Å². The first kappa shape index (κ1) is 28.1. The lowest BCUT2D eigenvalue weighted by Crippen LogP contribution is -2.29. The summed E-state index contributed by atoms with van der Waals surface area (Å²) >= 11 is 0. The smallest absolute Gasteiger partial charge is 0.268 e. The first-order valence-electron chi connectivity index (χ1n) is 12.7. The Labute approximate surface area is 223 Å². The quantitative estimate of drug-likeness (QED) is 0.336. The Bertz CT molecular complexity index is 1320. The second-order valence-corrected chi connectivity index (χ2v) is 11.1. The highest BCUT2D eigenvalue weighted by atomic mass is 32.2. The van der Waals surface area contributed by atoms with Gasteiger partial charge < -0.3 is 24.3 Å². The van der Waals surface area contributed by atoms with Crippen molar-refractivity contribution in [1.29, 1.82) is 0 Å². The van der Waals surface area contributed by atoms with Crippen LogP contribution in [0.25, 0.3) is 11.3 Å². The molecule has 1 aliphatic heterocycles. The molecule has 0 saturated carbocycles. The van der Waals surface area contributed by atoms with Gasteiger partial charge in [-0.15, -0.1) is 0 Å². The normalized spacial score (nSPS) is 15.4. The highest BCUT2D eigenvalue weighted by molar-refractivity contribution is 7.90. The molecular weight excluding hydrogens is 511 g/mol. The number of benzene rings is 2. The summed E-state index contributed by atoms with van der Waals surface area (Å²) in [5.74, 6) is 0.581. The lowest BCUT2D eigenvalue weighted by atomic mass is 9.95. The van der Waals surface area contributed by atoms with Crippen molar-refractivity contribution in [1.82, 2.24) is 9.29 Å². The summed E-state index contributed by atoms with van der Waals surface area (Å²) in [6.07, 6.45) is 3.23. The molecular formula is C28H35FN2O6S. The Hall–Kier alpha value is -2.92. The monoisotopic (exact) mass is 546 g/mol. The van der Waals surface area contributed by atoms with Gasteiger partial charge in [-0.25, -0.2) is 16.8 Å². The van der Waals surface area contributed by atoms with Crippen molar-refractivity contribution >= 4 is 10.0 Å². The molecule has 1 unspecified atom stereocenters. The van der Waals surface area contributed by atoms with Gasteiger partial charge in [0.25, 0.3) is 10.0 Å². The first-order valence-corrected chi connectivity index (χ1v) is 14.1. The molecule has 2 heterocycles. The molecule has 1 fully saturated rings. The molecule has 1 atom stereocenters. The van der Waals surface area contributed by atoms with Crippen LogP contribution in [0.15, 0.2) is 59.6 Å². The summed E-state index contributed by atoms with van der Waals surface area (Å²) < 4.78 is 66.1. The van der Waals surface area contributed by atoms with Crippen molar-refractivity contribution < 1.29 is 31.8 Å². The number of nitrogens with zero attached hydrogens (tertiary/aromatic N) is 1. The molecule has 0 radical (unpaired) electrons.